The van der Waals surface area contributed by atoms with Gasteiger partial charge in [-0.15, -0.1) is 23.7 Å². The highest BCUT2D eigenvalue weighted by Crippen LogP contribution is 2.25. The lowest BCUT2D eigenvalue weighted by Crippen LogP contribution is -2.26. The zero-order valence-corrected chi connectivity index (χ0v) is 13.1. The maximum atomic E-state index is 11.8. The van der Waals surface area contributed by atoms with Gasteiger partial charge in [-0.3, -0.25) is 4.79 Å². The van der Waals surface area contributed by atoms with Crippen molar-refractivity contribution in [3.8, 4) is 10.8 Å². The van der Waals surface area contributed by atoms with Gasteiger partial charge in [0, 0.05) is 11.9 Å². The summed E-state index contributed by atoms with van der Waals surface area (Å²) in [6.07, 6.45) is 0.899. The molecule has 0 unspecified atom stereocenters. The lowest BCUT2D eigenvalue weighted by molar-refractivity contribution is 0.0949. The Bertz CT molecular complexity index is 553. The maximum absolute atomic E-state index is 11.8. The van der Waals surface area contributed by atoms with Gasteiger partial charge in [0.2, 0.25) is 0 Å². The normalized spacial score (nSPS) is 10.1. The molecule has 110 valence electrons. The highest BCUT2D eigenvalue weighted by atomic mass is 35.5. The van der Waals surface area contributed by atoms with E-state index >= 15 is 0 Å². The number of thiazole rings is 1. The molecule has 5 nitrogen and oxygen atoms in total. The quantitative estimate of drug-likeness (QED) is 0.804. The first-order valence-electron chi connectivity index (χ1n) is 6.16. The van der Waals surface area contributed by atoms with E-state index in [2.05, 4.69) is 15.6 Å². The Labute approximate surface area is 128 Å². The first-order chi connectivity index (χ1) is 9.20. The molecule has 0 saturated heterocycles. The highest BCUT2D eigenvalue weighted by molar-refractivity contribution is 7.13. The summed E-state index contributed by atoms with van der Waals surface area (Å²) in [5, 5.41) is 8.35. The number of nitrogens with zero attached hydrogens (tertiary/aromatic N) is 1. The summed E-state index contributed by atoms with van der Waals surface area (Å²) in [7, 11) is 1.89. The summed E-state index contributed by atoms with van der Waals surface area (Å²) in [5.41, 5.74) is 0.443. The number of amides is 1. The Kier molecular flexibility index (Phi) is 6.70. The number of halogens is 1. The lowest BCUT2D eigenvalue weighted by Gasteiger charge is -2.02. The monoisotopic (exact) mass is 315 g/mol. The molecule has 0 aliphatic rings. The van der Waals surface area contributed by atoms with Crippen molar-refractivity contribution in [2.75, 3.05) is 20.1 Å². The number of nitrogens with one attached hydrogen (secondary N) is 2. The Morgan fingerprint density at radius 2 is 2.20 bits per heavy atom. The van der Waals surface area contributed by atoms with E-state index in [9.17, 15) is 4.79 Å². The van der Waals surface area contributed by atoms with E-state index in [0.29, 0.717) is 18.0 Å². The molecule has 0 aliphatic heterocycles. The summed E-state index contributed by atoms with van der Waals surface area (Å²) in [6, 6.07) is 3.75. The minimum absolute atomic E-state index is 0. The fourth-order valence-electron chi connectivity index (χ4n) is 1.60. The third-order valence-corrected chi connectivity index (χ3v) is 3.43. The van der Waals surface area contributed by atoms with Gasteiger partial charge in [-0.05, 0) is 39.1 Å². The van der Waals surface area contributed by atoms with Crippen LogP contribution in [-0.2, 0) is 0 Å². The zero-order chi connectivity index (χ0) is 13.7. The van der Waals surface area contributed by atoms with Crippen LogP contribution in [-0.4, -0.2) is 31.0 Å². The molecule has 0 fully saturated rings. The van der Waals surface area contributed by atoms with E-state index in [0.717, 1.165) is 23.7 Å². The first kappa shape index (κ1) is 16.7. The number of aromatic nitrogens is 1. The summed E-state index contributed by atoms with van der Waals surface area (Å²) in [6.45, 7) is 3.41. The molecule has 1 amide bonds. The van der Waals surface area contributed by atoms with Crippen LogP contribution in [0.15, 0.2) is 21.9 Å². The molecule has 7 heteroatoms. The van der Waals surface area contributed by atoms with Gasteiger partial charge in [0.15, 0.2) is 10.8 Å². The summed E-state index contributed by atoms with van der Waals surface area (Å²) in [4.78, 5) is 16.1. The molecule has 0 aromatic carbocycles. The number of hydrogen-bond acceptors (Lipinski definition) is 5. The first-order valence-corrected chi connectivity index (χ1v) is 7.04. The van der Waals surface area contributed by atoms with E-state index < -0.39 is 0 Å². The van der Waals surface area contributed by atoms with Crippen LogP contribution in [0.5, 0.6) is 0 Å². The van der Waals surface area contributed by atoms with Gasteiger partial charge < -0.3 is 15.1 Å². The molecule has 0 saturated carbocycles. The van der Waals surface area contributed by atoms with Crippen LogP contribution in [0.25, 0.3) is 10.8 Å². The van der Waals surface area contributed by atoms with Crippen molar-refractivity contribution in [2.45, 2.75) is 13.3 Å². The average molecular weight is 316 g/mol. The minimum Gasteiger partial charge on any atom is -0.459 e. The molecule has 0 atom stereocenters. The second kappa shape index (κ2) is 8.04. The van der Waals surface area contributed by atoms with Crippen LogP contribution in [0, 0.1) is 6.92 Å². The van der Waals surface area contributed by atoms with Gasteiger partial charge in [0.25, 0.3) is 5.91 Å². The summed E-state index contributed by atoms with van der Waals surface area (Å²) in [5.74, 6) is 1.40. The minimum atomic E-state index is -0.137. The molecule has 2 N–H and O–H groups in total. The summed E-state index contributed by atoms with van der Waals surface area (Å²) < 4.78 is 5.48. The Morgan fingerprint density at radius 1 is 1.40 bits per heavy atom. The van der Waals surface area contributed by atoms with Crippen molar-refractivity contribution < 1.29 is 9.21 Å². The molecule has 2 aromatic rings. The topological polar surface area (TPSA) is 67.2 Å². The fraction of sp³-hybridized carbons (Fsp3) is 0.385. The van der Waals surface area contributed by atoms with E-state index in [1.54, 1.807) is 5.38 Å². The van der Waals surface area contributed by atoms with Gasteiger partial charge in [0.05, 0.1) is 0 Å². The van der Waals surface area contributed by atoms with Gasteiger partial charge in [-0.25, -0.2) is 4.98 Å². The maximum Gasteiger partial charge on any atom is 0.270 e. The van der Waals surface area contributed by atoms with Crippen molar-refractivity contribution in [3.05, 3.63) is 29.0 Å². The van der Waals surface area contributed by atoms with Crippen LogP contribution in [0.3, 0.4) is 0 Å². The van der Waals surface area contributed by atoms with Crippen LogP contribution < -0.4 is 10.6 Å². The average Bonchev–Trinajstić information content (AvgIpc) is 3.02. The van der Waals surface area contributed by atoms with Gasteiger partial charge in [-0.1, -0.05) is 0 Å². The van der Waals surface area contributed by atoms with E-state index in [1.165, 1.54) is 11.3 Å². The van der Waals surface area contributed by atoms with Crippen molar-refractivity contribution in [3.63, 3.8) is 0 Å². The molecular weight excluding hydrogens is 298 g/mol. The molecule has 2 heterocycles. The predicted molar refractivity (Wildman–Crippen MR) is 82.7 cm³/mol. The largest absolute Gasteiger partial charge is 0.459 e. The number of rotatable bonds is 6. The number of carbonyl (C=O) groups is 1. The zero-order valence-electron chi connectivity index (χ0n) is 11.4. The molecule has 20 heavy (non-hydrogen) atoms. The Balaban J connectivity index is 0.00000200. The van der Waals surface area contributed by atoms with Crippen molar-refractivity contribution in [1.29, 1.82) is 0 Å². The van der Waals surface area contributed by atoms with Crippen LogP contribution >= 0.6 is 23.7 Å². The van der Waals surface area contributed by atoms with E-state index in [1.807, 2.05) is 26.1 Å². The smallest absolute Gasteiger partial charge is 0.270 e. The number of carbonyl (C=O) groups excluding carboxylic acids is 1. The van der Waals surface area contributed by atoms with Crippen LogP contribution in [0.1, 0.15) is 22.7 Å². The van der Waals surface area contributed by atoms with E-state index in [4.69, 9.17) is 4.42 Å². The number of aryl methyl sites for hydroxylation is 1. The third kappa shape index (κ3) is 4.33. The summed E-state index contributed by atoms with van der Waals surface area (Å²) >= 11 is 1.41. The fourth-order valence-corrected chi connectivity index (χ4v) is 2.36. The van der Waals surface area contributed by atoms with Crippen molar-refractivity contribution in [1.82, 2.24) is 15.6 Å². The Morgan fingerprint density at radius 3 is 2.85 bits per heavy atom. The van der Waals surface area contributed by atoms with E-state index in [-0.39, 0.29) is 18.3 Å². The highest BCUT2D eigenvalue weighted by Gasteiger charge is 2.13. The molecule has 0 radical (unpaired) electrons. The molecule has 2 aromatic heterocycles. The molecular formula is C13H18ClN3O2S. The standard InChI is InChI=1S/C13H17N3O2S.ClH/c1-9-4-5-11(18-9)13-16-10(8-19-13)12(17)15-7-3-6-14-2;/h4-5,8,14H,3,6-7H2,1-2H3,(H,15,17);1H. The van der Waals surface area contributed by atoms with Gasteiger partial charge in [-0.2, -0.15) is 0 Å². The second-order valence-electron chi connectivity index (χ2n) is 4.16. The molecule has 0 spiro atoms. The second-order valence-corrected chi connectivity index (χ2v) is 5.02. The van der Waals surface area contributed by atoms with Crippen LogP contribution in [0.4, 0.5) is 0 Å². The van der Waals surface area contributed by atoms with Gasteiger partial charge >= 0.3 is 0 Å². The van der Waals surface area contributed by atoms with Crippen molar-refractivity contribution in [2.24, 2.45) is 0 Å². The lowest BCUT2D eigenvalue weighted by atomic mass is 10.4. The molecule has 0 aliphatic carbocycles. The number of furan rings is 1. The van der Waals surface area contributed by atoms with Gasteiger partial charge in [0.1, 0.15) is 11.5 Å². The number of hydrogen-bond donors (Lipinski definition) is 2. The third-order valence-electron chi connectivity index (χ3n) is 2.58. The molecule has 2 rings (SSSR count). The van der Waals surface area contributed by atoms with Crippen LogP contribution in [0.2, 0.25) is 0 Å². The SMILES string of the molecule is CNCCCNC(=O)c1csc(-c2ccc(C)o2)n1.Cl. The Hall–Kier alpha value is -1.37. The molecule has 0 bridgehead atoms. The van der Waals surface area contributed by atoms with Crippen molar-refractivity contribution >= 4 is 29.7 Å². The predicted octanol–water partition coefficient (Wildman–Crippen LogP) is 2.47.